The molecule has 136 valence electrons. The predicted octanol–water partition coefficient (Wildman–Crippen LogP) is 1.55. The summed E-state index contributed by atoms with van der Waals surface area (Å²) in [6.07, 6.45) is 1.88. The number of aryl methyl sites for hydroxylation is 1. The summed E-state index contributed by atoms with van der Waals surface area (Å²) >= 11 is 0. The molecule has 7 nitrogen and oxygen atoms in total. The molecule has 1 unspecified atom stereocenters. The molecule has 1 aromatic heterocycles. The van der Waals surface area contributed by atoms with E-state index in [9.17, 15) is 9.35 Å². The zero-order chi connectivity index (χ0) is 17.9. The first-order chi connectivity index (χ1) is 10.9. The SMILES string of the molecule is CCS(O)(CC)CC.COC(CO)CCn1ccc(N)nc1=O. The van der Waals surface area contributed by atoms with Crippen molar-refractivity contribution in [1.82, 2.24) is 9.55 Å². The van der Waals surface area contributed by atoms with Crippen LogP contribution in [-0.4, -0.2) is 56.3 Å². The minimum Gasteiger partial charge on any atom is -0.394 e. The Morgan fingerprint density at radius 3 is 2.26 bits per heavy atom. The van der Waals surface area contributed by atoms with E-state index in [4.69, 9.17) is 15.6 Å². The number of aliphatic hydroxyl groups excluding tert-OH is 1. The van der Waals surface area contributed by atoms with Crippen LogP contribution in [0.25, 0.3) is 0 Å². The third-order valence-corrected chi connectivity index (χ3v) is 6.96. The standard InChI is InChI=1S/C9H15N3O3.C6H16OS/c1-15-7(6-13)2-4-12-5-3-8(10)11-9(12)14;1-4-8(7,5-2)6-3/h3,5,7,13H,2,4,6H2,1H3,(H2,10,11,14);7H,4-6H2,1-3H3. The Labute approximate surface area is 140 Å². The van der Waals surface area contributed by atoms with Crippen molar-refractivity contribution in [2.45, 2.75) is 39.8 Å². The van der Waals surface area contributed by atoms with Crippen molar-refractivity contribution in [2.75, 3.05) is 36.7 Å². The molecule has 0 radical (unpaired) electrons. The molecule has 23 heavy (non-hydrogen) atoms. The average molecular weight is 349 g/mol. The molecule has 4 N–H and O–H groups in total. The highest BCUT2D eigenvalue weighted by Gasteiger charge is 2.10. The lowest BCUT2D eigenvalue weighted by Crippen LogP contribution is -2.26. The normalized spacial score (nSPS) is 13.1. The number of ether oxygens (including phenoxy) is 1. The van der Waals surface area contributed by atoms with Crippen LogP contribution >= 0.6 is 10.3 Å². The Morgan fingerprint density at radius 2 is 1.91 bits per heavy atom. The summed E-state index contributed by atoms with van der Waals surface area (Å²) in [5.74, 6) is 3.08. The lowest BCUT2D eigenvalue weighted by Gasteiger charge is -2.29. The third kappa shape index (κ3) is 8.36. The highest BCUT2D eigenvalue weighted by molar-refractivity contribution is 8.29. The highest BCUT2D eigenvalue weighted by atomic mass is 32.3. The molecule has 1 atom stereocenters. The van der Waals surface area contributed by atoms with Crippen LogP contribution in [0.2, 0.25) is 0 Å². The monoisotopic (exact) mass is 349 g/mol. The van der Waals surface area contributed by atoms with Crippen LogP contribution in [0.5, 0.6) is 0 Å². The molecule has 0 aliphatic rings. The van der Waals surface area contributed by atoms with Crippen LogP contribution in [0.4, 0.5) is 5.82 Å². The maximum absolute atomic E-state index is 11.3. The quantitative estimate of drug-likeness (QED) is 0.657. The summed E-state index contributed by atoms with van der Waals surface area (Å²) < 4.78 is 15.9. The van der Waals surface area contributed by atoms with Crippen molar-refractivity contribution < 1.29 is 14.4 Å². The van der Waals surface area contributed by atoms with E-state index in [2.05, 4.69) is 25.8 Å². The summed E-state index contributed by atoms with van der Waals surface area (Å²) in [6.45, 7) is 6.56. The first-order valence-corrected chi connectivity index (χ1v) is 9.90. The second-order valence-corrected chi connectivity index (χ2v) is 8.75. The van der Waals surface area contributed by atoms with Crippen molar-refractivity contribution in [2.24, 2.45) is 0 Å². The van der Waals surface area contributed by atoms with Gasteiger partial charge in [0.15, 0.2) is 0 Å². The van der Waals surface area contributed by atoms with Gasteiger partial charge in [-0.2, -0.15) is 4.98 Å². The molecule has 1 aromatic rings. The number of hydrogen-bond acceptors (Lipinski definition) is 6. The number of hydrogen-bond donors (Lipinski definition) is 3. The Kier molecular flexibility index (Phi) is 10.9. The first kappa shape index (κ1) is 21.9. The van der Waals surface area contributed by atoms with Gasteiger partial charge in [-0.1, -0.05) is 20.8 Å². The molecule has 1 heterocycles. The van der Waals surface area contributed by atoms with Crippen LogP contribution < -0.4 is 11.4 Å². The minimum atomic E-state index is -1.15. The fraction of sp³-hybridized carbons (Fsp3) is 0.733. The lowest BCUT2D eigenvalue weighted by molar-refractivity contribution is 0.0401. The topological polar surface area (TPSA) is 111 Å². The number of anilines is 1. The summed E-state index contributed by atoms with van der Waals surface area (Å²) in [7, 11) is 0.366. The summed E-state index contributed by atoms with van der Waals surface area (Å²) in [5.41, 5.74) is 4.96. The number of nitrogens with zero attached hydrogens (tertiary/aromatic N) is 2. The third-order valence-electron chi connectivity index (χ3n) is 3.74. The fourth-order valence-electron chi connectivity index (χ4n) is 1.79. The summed E-state index contributed by atoms with van der Waals surface area (Å²) in [5, 5.41) is 8.87. The summed E-state index contributed by atoms with van der Waals surface area (Å²) in [6, 6.07) is 1.56. The zero-order valence-electron chi connectivity index (χ0n) is 14.6. The van der Waals surface area contributed by atoms with Gasteiger partial charge >= 0.3 is 5.69 Å². The average Bonchev–Trinajstić information content (AvgIpc) is 2.57. The van der Waals surface area contributed by atoms with Crippen LogP contribution in [-0.2, 0) is 11.3 Å². The molecule has 0 fully saturated rings. The molecule has 1 rings (SSSR count). The molecule has 0 aromatic carbocycles. The van der Waals surface area contributed by atoms with Gasteiger partial charge in [0.25, 0.3) is 0 Å². The van der Waals surface area contributed by atoms with E-state index in [0.717, 1.165) is 17.3 Å². The molecule has 0 saturated carbocycles. The van der Waals surface area contributed by atoms with Crippen LogP contribution in [0, 0.1) is 0 Å². The van der Waals surface area contributed by atoms with Gasteiger partial charge in [0.2, 0.25) is 0 Å². The number of rotatable bonds is 8. The molecule has 0 aliphatic carbocycles. The Bertz CT molecular complexity index is 480. The largest absolute Gasteiger partial charge is 0.394 e. The molecule has 0 amide bonds. The fourth-order valence-corrected chi connectivity index (χ4v) is 3.02. The Hall–Kier alpha value is -1.09. The number of nitrogens with two attached hydrogens (primary N) is 1. The first-order valence-electron chi connectivity index (χ1n) is 7.81. The van der Waals surface area contributed by atoms with Gasteiger partial charge in [0.05, 0.1) is 12.7 Å². The van der Waals surface area contributed by atoms with Crippen LogP contribution in [0.3, 0.4) is 0 Å². The van der Waals surface area contributed by atoms with Gasteiger partial charge in [-0.25, -0.2) is 4.79 Å². The highest BCUT2D eigenvalue weighted by Crippen LogP contribution is 2.41. The van der Waals surface area contributed by atoms with E-state index in [0.29, 0.717) is 13.0 Å². The van der Waals surface area contributed by atoms with Crippen molar-refractivity contribution in [3.63, 3.8) is 0 Å². The van der Waals surface area contributed by atoms with Crippen molar-refractivity contribution in [3.8, 4) is 0 Å². The lowest BCUT2D eigenvalue weighted by atomic mass is 10.2. The van der Waals surface area contributed by atoms with E-state index < -0.39 is 10.3 Å². The van der Waals surface area contributed by atoms with Crippen LogP contribution in [0.15, 0.2) is 17.1 Å². The van der Waals surface area contributed by atoms with Gasteiger partial charge in [-0.15, -0.1) is 10.3 Å². The minimum absolute atomic E-state index is 0.0619. The van der Waals surface area contributed by atoms with E-state index in [1.165, 1.54) is 11.7 Å². The second kappa shape index (κ2) is 11.4. The van der Waals surface area contributed by atoms with Gasteiger partial charge in [0.1, 0.15) is 5.82 Å². The number of aromatic nitrogens is 2. The molecule has 0 saturated heterocycles. The number of methoxy groups -OCH3 is 1. The molecule has 0 bridgehead atoms. The van der Waals surface area contributed by atoms with Crippen LogP contribution in [0.1, 0.15) is 27.2 Å². The maximum atomic E-state index is 11.3. The van der Waals surface area contributed by atoms with Crippen molar-refractivity contribution in [1.29, 1.82) is 0 Å². The van der Waals surface area contributed by atoms with Gasteiger partial charge in [0, 0.05) is 19.9 Å². The molecule has 8 heteroatoms. The zero-order valence-corrected chi connectivity index (χ0v) is 15.4. The van der Waals surface area contributed by atoms with Gasteiger partial charge in [-0.3, -0.25) is 4.57 Å². The van der Waals surface area contributed by atoms with Gasteiger partial charge < -0.3 is 20.1 Å². The van der Waals surface area contributed by atoms with E-state index >= 15 is 0 Å². The Morgan fingerprint density at radius 1 is 1.35 bits per heavy atom. The molecule has 0 spiro atoms. The number of nitrogen functional groups attached to an aromatic ring is 1. The van der Waals surface area contributed by atoms with Gasteiger partial charge in [-0.05, 0) is 29.7 Å². The van der Waals surface area contributed by atoms with E-state index in [1.54, 1.807) is 12.3 Å². The van der Waals surface area contributed by atoms with E-state index in [1.807, 2.05) is 0 Å². The predicted molar refractivity (Wildman–Crippen MR) is 97.3 cm³/mol. The molecular formula is C15H31N3O4S. The second-order valence-electron chi connectivity index (χ2n) is 5.02. The Balaban J connectivity index is 0.000000515. The number of aliphatic hydroxyl groups is 1. The van der Waals surface area contributed by atoms with Crippen molar-refractivity contribution >= 4 is 16.1 Å². The summed E-state index contributed by atoms with van der Waals surface area (Å²) in [4.78, 5) is 14.9. The smallest absolute Gasteiger partial charge is 0.349 e. The van der Waals surface area contributed by atoms with E-state index in [-0.39, 0.29) is 24.2 Å². The maximum Gasteiger partial charge on any atom is 0.349 e. The molecule has 0 aliphatic heterocycles. The molecular weight excluding hydrogens is 318 g/mol. The van der Waals surface area contributed by atoms with Crippen molar-refractivity contribution in [3.05, 3.63) is 22.7 Å².